The first-order valence-corrected chi connectivity index (χ1v) is 3.99. The molecule has 0 atom stereocenters. The SMILES string of the molecule is CN(C)C(=O)OCC(F)(F)C(F)(F)C(F)(F)F. The molecular weight excluding hydrogens is 263 g/mol. The van der Waals surface area contributed by atoms with Crippen molar-refractivity contribution in [1.82, 2.24) is 4.90 Å². The summed E-state index contributed by atoms with van der Waals surface area (Å²) in [5.74, 6) is -11.8. The first-order valence-electron chi connectivity index (χ1n) is 3.99. The van der Waals surface area contributed by atoms with Gasteiger partial charge < -0.3 is 9.64 Å². The Morgan fingerprint density at radius 3 is 1.76 bits per heavy atom. The summed E-state index contributed by atoms with van der Waals surface area (Å²) in [6, 6.07) is 0. The minimum absolute atomic E-state index is 0.599. The van der Waals surface area contributed by atoms with Crippen LogP contribution in [0.15, 0.2) is 0 Å². The van der Waals surface area contributed by atoms with Gasteiger partial charge in [-0.25, -0.2) is 4.79 Å². The van der Waals surface area contributed by atoms with Gasteiger partial charge in [0.25, 0.3) is 0 Å². The number of rotatable bonds is 3. The molecule has 0 aliphatic rings. The third kappa shape index (κ3) is 3.37. The molecule has 0 aromatic carbocycles. The van der Waals surface area contributed by atoms with Crippen molar-refractivity contribution in [2.45, 2.75) is 18.0 Å². The number of carbonyl (C=O) groups excluding carboxylic acids is 1. The molecule has 102 valence electrons. The maximum Gasteiger partial charge on any atom is 0.460 e. The highest BCUT2D eigenvalue weighted by atomic mass is 19.4. The van der Waals surface area contributed by atoms with Crippen molar-refractivity contribution in [2.75, 3.05) is 20.7 Å². The van der Waals surface area contributed by atoms with Crippen LogP contribution in [0, 0.1) is 0 Å². The van der Waals surface area contributed by atoms with Crippen molar-refractivity contribution in [1.29, 1.82) is 0 Å². The van der Waals surface area contributed by atoms with Gasteiger partial charge in [-0.05, 0) is 0 Å². The Kier molecular flexibility index (Phi) is 4.24. The molecule has 3 nitrogen and oxygen atoms in total. The number of nitrogens with zero attached hydrogens (tertiary/aromatic N) is 1. The van der Waals surface area contributed by atoms with E-state index in [1.807, 2.05) is 0 Å². The van der Waals surface area contributed by atoms with E-state index in [1.54, 1.807) is 0 Å². The standard InChI is InChI=1S/C7H8F7NO2/c1-15(2)4(16)17-3-5(8,9)6(10,11)7(12,13)14/h3H2,1-2H3. The lowest BCUT2D eigenvalue weighted by Gasteiger charge is -2.27. The molecule has 0 rings (SSSR count). The second-order valence-electron chi connectivity index (χ2n) is 3.23. The smallest absolute Gasteiger partial charge is 0.443 e. The lowest BCUT2D eigenvalue weighted by atomic mass is 10.2. The molecule has 0 unspecified atom stereocenters. The van der Waals surface area contributed by atoms with E-state index in [2.05, 4.69) is 4.74 Å². The van der Waals surface area contributed by atoms with Crippen LogP contribution in [0.2, 0.25) is 0 Å². The minimum Gasteiger partial charge on any atom is -0.443 e. The van der Waals surface area contributed by atoms with E-state index in [9.17, 15) is 35.5 Å². The fraction of sp³-hybridized carbons (Fsp3) is 0.857. The van der Waals surface area contributed by atoms with Crippen LogP contribution in [-0.4, -0.2) is 49.7 Å². The van der Waals surface area contributed by atoms with Crippen LogP contribution in [0.25, 0.3) is 0 Å². The Morgan fingerprint density at radius 2 is 1.47 bits per heavy atom. The number of carbonyl (C=O) groups is 1. The number of amides is 1. The molecule has 0 aliphatic heterocycles. The normalized spacial score (nSPS) is 13.5. The maximum absolute atomic E-state index is 12.6. The van der Waals surface area contributed by atoms with E-state index in [0.717, 1.165) is 14.1 Å². The Bertz CT molecular complexity index is 286. The largest absolute Gasteiger partial charge is 0.460 e. The first kappa shape index (κ1) is 15.8. The van der Waals surface area contributed by atoms with Crippen LogP contribution in [0.1, 0.15) is 0 Å². The summed E-state index contributed by atoms with van der Waals surface area (Å²) in [7, 11) is 2.09. The molecule has 0 aliphatic carbocycles. The number of halogens is 7. The van der Waals surface area contributed by atoms with Gasteiger partial charge in [-0.15, -0.1) is 0 Å². The van der Waals surface area contributed by atoms with Gasteiger partial charge in [0.2, 0.25) is 0 Å². The molecule has 0 saturated heterocycles. The topological polar surface area (TPSA) is 29.5 Å². The molecule has 0 bridgehead atoms. The van der Waals surface area contributed by atoms with Crippen LogP contribution in [0.4, 0.5) is 35.5 Å². The highest BCUT2D eigenvalue weighted by Gasteiger charge is 2.73. The zero-order valence-electron chi connectivity index (χ0n) is 8.62. The molecule has 0 N–H and O–H groups in total. The highest BCUT2D eigenvalue weighted by molar-refractivity contribution is 5.66. The second kappa shape index (κ2) is 4.57. The van der Waals surface area contributed by atoms with Gasteiger partial charge in [0, 0.05) is 14.1 Å². The van der Waals surface area contributed by atoms with Crippen LogP contribution >= 0.6 is 0 Å². The van der Waals surface area contributed by atoms with Crippen molar-refractivity contribution in [3.05, 3.63) is 0 Å². The van der Waals surface area contributed by atoms with Gasteiger partial charge in [0.15, 0.2) is 6.61 Å². The zero-order chi connectivity index (χ0) is 14.1. The zero-order valence-corrected chi connectivity index (χ0v) is 8.62. The molecule has 0 heterocycles. The number of ether oxygens (including phenoxy) is 1. The van der Waals surface area contributed by atoms with E-state index in [1.165, 1.54) is 0 Å². The molecule has 17 heavy (non-hydrogen) atoms. The monoisotopic (exact) mass is 271 g/mol. The maximum atomic E-state index is 12.6. The number of hydrogen-bond donors (Lipinski definition) is 0. The summed E-state index contributed by atoms with van der Waals surface area (Å²) in [5, 5.41) is 0. The Labute approximate surface area is 91.1 Å². The van der Waals surface area contributed by atoms with Gasteiger partial charge in [0.1, 0.15) is 0 Å². The Hall–Kier alpha value is -1.22. The van der Waals surface area contributed by atoms with E-state index in [-0.39, 0.29) is 0 Å². The van der Waals surface area contributed by atoms with Gasteiger partial charge in [-0.2, -0.15) is 30.7 Å². The average molecular weight is 271 g/mol. The predicted octanol–water partition coefficient (Wildman–Crippen LogP) is 2.52. The number of alkyl halides is 7. The third-order valence-corrected chi connectivity index (χ3v) is 1.56. The third-order valence-electron chi connectivity index (χ3n) is 1.56. The fourth-order valence-corrected chi connectivity index (χ4v) is 0.579. The second-order valence-corrected chi connectivity index (χ2v) is 3.23. The molecule has 0 spiro atoms. The molecule has 0 fully saturated rings. The van der Waals surface area contributed by atoms with E-state index in [0.29, 0.717) is 4.90 Å². The summed E-state index contributed by atoms with van der Waals surface area (Å²) >= 11 is 0. The molecule has 0 aromatic rings. The molecule has 0 saturated carbocycles. The Morgan fingerprint density at radius 1 is 1.06 bits per heavy atom. The fourth-order valence-electron chi connectivity index (χ4n) is 0.579. The van der Waals surface area contributed by atoms with Crippen LogP contribution in [0.5, 0.6) is 0 Å². The van der Waals surface area contributed by atoms with Crippen LogP contribution < -0.4 is 0 Å². The molecule has 10 heteroatoms. The van der Waals surface area contributed by atoms with Gasteiger partial charge >= 0.3 is 24.1 Å². The molecular formula is C7H8F7NO2. The van der Waals surface area contributed by atoms with Crippen molar-refractivity contribution >= 4 is 6.09 Å². The van der Waals surface area contributed by atoms with Crippen molar-refractivity contribution < 1.29 is 40.3 Å². The predicted molar refractivity (Wildman–Crippen MR) is 41.0 cm³/mol. The summed E-state index contributed by atoms with van der Waals surface area (Å²) in [6.07, 6.45) is -7.89. The lowest BCUT2D eigenvalue weighted by Crippen LogP contribution is -2.54. The summed E-state index contributed by atoms with van der Waals surface area (Å²) in [5.41, 5.74) is 0. The quantitative estimate of drug-likeness (QED) is 0.738. The van der Waals surface area contributed by atoms with E-state index in [4.69, 9.17) is 0 Å². The van der Waals surface area contributed by atoms with Gasteiger partial charge in [-0.3, -0.25) is 0 Å². The van der Waals surface area contributed by atoms with E-state index < -0.39 is 30.7 Å². The van der Waals surface area contributed by atoms with Crippen molar-refractivity contribution in [3.63, 3.8) is 0 Å². The highest BCUT2D eigenvalue weighted by Crippen LogP contribution is 2.46. The minimum atomic E-state index is -6.43. The first-order chi connectivity index (χ1) is 7.33. The Balaban J connectivity index is 4.75. The van der Waals surface area contributed by atoms with Crippen LogP contribution in [-0.2, 0) is 4.74 Å². The summed E-state index contributed by atoms with van der Waals surface area (Å²) < 4.78 is 88.2. The summed E-state index contributed by atoms with van der Waals surface area (Å²) in [4.78, 5) is 11.2. The van der Waals surface area contributed by atoms with Crippen LogP contribution in [0.3, 0.4) is 0 Å². The molecule has 1 amide bonds. The van der Waals surface area contributed by atoms with Crippen molar-refractivity contribution in [2.24, 2.45) is 0 Å². The number of hydrogen-bond acceptors (Lipinski definition) is 2. The van der Waals surface area contributed by atoms with Crippen molar-refractivity contribution in [3.8, 4) is 0 Å². The molecule has 0 aromatic heterocycles. The molecule has 0 radical (unpaired) electrons. The average Bonchev–Trinajstić information content (AvgIpc) is 2.11. The lowest BCUT2D eigenvalue weighted by molar-refractivity contribution is -0.359. The summed E-state index contributed by atoms with van der Waals surface area (Å²) in [6.45, 7) is -2.36. The van der Waals surface area contributed by atoms with Gasteiger partial charge in [0.05, 0.1) is 0 Å². The van der Waals surface area contributed by atoms with Gasteiger partial charge in [-0.1, -0.05) is 0 Å². The van der Waals surface area contributed by atoms with E-state index >= 15 is 0 Å².